The summed E-state index contributed by atoms with van der Waals surface area (Å²) in [5, 5.41) is 3.95. The summed E-state index contributed by atoms with van der Waals surface area (Å²) < 4.78 is 16.5. The summed E-state index contributed by atoms with van der Waals surface area (Å²) in [6.45, 7) is 5.28. The lowest BCUT2D eigenvalue weighted by Crippen LogP contribution is -2.14. The molecule has 130 valence electrons. The van der Waals surface area contributed by atoms with Gasteiger partial charge in [0.05, 0.1) is 25.3 Å². The van der Waals surface area contributed by atoms with Crippen LogP contribution in [0.5, 0.6) is 17.2 Å². The second-order valence-electron chi connectivity index (χ2n) is 5.69. The van der Waals surface area contributed by atoms with Crippen molar-refractivity contribution in [2.45, 2.75) is 33.0 Å². The number of rotatable bonds is 8. The second kappa shape index (κ2) is 8.81. The van der Waals surface area contributed by atoms with Gasteiger partial charge >= 0.3 is 0 Å². The average molecular weight is 350 g/mol. The van der Waals surface area contributed by atoms with Gasteiger partial charge in [0, 0.05) is 18.7 Å². The van der Waals surface area contributed by atoms with Crippen LogP contribution in [0.15, 0.2) is 36.4 Å². The molecule has 2 rings (SSSR count). The van der Waals surface area contributed by atoms with Crippen molar-refractivity contribution in [2.24, 2.45) is 0 Å². The van der Waals surface area contributed by atoms with E-state index in [1.54, 1.807) is 14.2 Å². The number of hydrogen-bond donors (Lipinski definition) is 1. The lowest BCUT2D eigenvalue weighted by molar-refractivity contribution is 0.230. The summed E-state index contributed by atoms with van der Waals surface area (Å²) in [6.07, 6.45) is 0.0333. The normalized spacial score (nSPS) is 10.8. The predicted molar refractivity (Wildman–Crippen MR) is 97.3 cm³/mol. The SMILES string of the molecule is COc1ccccc1CNCc1cc(Cl)c(OC(C)C)c(OC)c1. The fraction of sp³-hybridized carbons (Fsp3) is 0.368. The smallest absolute Gasteiger partial charge is 0.180 e. The fourth-order valence-corrected chi connectivity index (χ4v) is 2.69. The van der Waals surface area contributed by atoms with Crippen LogP contribution >= 0.6 is 11.6 Å². The van der Waals surface area contributed by atoms with E-state index < -0.39 is 0 Å². The Kier molecular flexibility index (Phi) is 6.76. The van der Waals surface area contributed by atoms with Crippen molar-refractivity contribution >= 4 is 11.6 Å². The van der Waals surface area contributed by atoms with Crippen LogP contribution in [0.3, 0.4) is 0 Å². The summed E-state index contributed by atoms with van der Waals surface area (Å²) in [7, 11) is 3.29. The molecule has 2 aromatic rings. The van der Waals surface area contributed by atoms with Crippen molar-refractivity contribution in [3.8, 4) is 17.2 Å². The minimum Gasteiger partial charge on any atom is -0.496 e. The summed E-state index contributed by atoms with van der Waals surface area (Å²) in [5.74, 6) is 2.11. The molecule has 0 radical (unpaired) electrons. The summed E-state index contributed by atoms with van der Waals surface area (Å²) in [4.78, 5) is 0. The number of halogens is 1. The van der Waals surface area contributed by atoms with E-state index in [1.165, 1.54) is 0 Å². The van der Waals surface area contributed by atoms with Gasteiger partial charge in [0.25, 0.3) is 0 Å². The van der Waals surface area contributed by atoms with E-state index >= 15 is 0 Å². The molecule has 5 heteroatoms. The van der Waals surface area contributed by atoms with Crippen LogP contribution in [0.1, 0.15) is 25.0 Å². The highest BCUT2D eigenvalue weighted by molar-refractivity contribution is 6.32. The van der Waals surface area contributed by atoms with E-state index in [0.29, 0.717) is 29.6 Å². The summed E-state index contributed by atoms with van der Waals surface area (Å²) in [5.41, 5.74) is 2.14. The molecule has 4 nitrogen and oxygen atoms in total. The van der Waals surface area contributed by atoms with E-state index in [0.717, 1.165) is 16.9 Å². The quantitative estimate of drug-likeness (QED) is 0.765. The average Bonchev–Trinajstić information content (AvgIpc) is 2.57. The summed E-state index contributed by atoms with van der Waals surface area (Å²) in [6, 6.07) is 11.8. The first kappa shape index (κ1) is 18.4. The Labute approximate surface area is 148 Å². The minimum atomic E-state index is 0.0333. The molecule has 0 unspecified atom stereocenters. The maximum atomic E-state index is 6.35. The van der Waals surface area contributed by atoms with Gasteiger partial charge in [-0.2, -0.15) is 0 Å². The molecule has 0 bridgehead atoms. The lowest BCUT2D eigenvalue weighted by Gasteiger charge is -2.16. The third kappa shape index (κ3) is 4.79. The first-order valence-corrected chi connectivity index (χ1v) is 8.28. The zero-order valence-corrected chi connectivity index (χ0v) is 15.3. The van der Waals surface area contributed by atoms with Crippen LogP contribution in [0.25, 0.3) is 0 Å². The molecule has 0 amide bonds. The van der Waals surface area contributed by atoms with Crippen LogP contribution in [0.4, 0.5) is 0 Å². The topological polar surface area (TPSA) is 39.7 Å². The maximum Gasteiger partial charge on any atom is 0.180 e. The molecule has 0 heterocycles. The Morgan fingerprint density at radius 2 is 1.71 bits per heavy atom. The van der Waals surface area contributed by atoms with Gasteiger partial charge in [0.15, 0.2) is 11.5 Å². The number of benzene rings is 2. The Hall–Kier alpha value is -1.91. The van der Waals surface area contributed by atoms with Gasteiger partial charge in [0.1, 0.15) is 5.75 Å². The van der Waals surface area contributed by atoms with Crippen LogP contribution in [-0.2, 0) is 13.1 Å². The molecule has 0 aromatic heterocycles. The molecular weight excluding hydrogens is 326 g/mol. The molecule has 0 spiro atoms. The lowest BCUT2D eigenvalue weighted by atomic mass is 10.1. The number of nitrogens with one attached hydrogen (secondary N) is 1. The molecule has 0 fully saturated rings. The third-order valence-electron chi connectivity index (χ3n) is 3.48. The molecule has 1 N–H and O–H groups in total. The fourth-order valence-electron chi connectivity index (χ4n) is 2.42. The Balaban J connectivity index is 2.06. The van der Waals surface area contributed by atoms with Crippen molar-refractivity contribution in [3.05, 3.63) is 52.5 Å². The van der Waals surface area contributed by atoms with Crippen molar-refractivity contribution in [1.29, 1.82) is 0 Å². The first-order chi connectivity index (χ1) is 11.5. The van der Waals surface area contributed by atoms with Crippen LogP contribution in [-0.4, -0.2) is 20.3 Å². The first-order valence-electron chi connectivity index (χ1n) is 7.90. The van der Waals surface area contributed by atoms with Crippen molar-refractivity contribution in [2.75, 3.05) is 14.2 Å². The highest BCUT2D eigenvalue weighted by atomic mass is 35.5. The van der Waals surface area contributed by atoms with E-state index in [9.17, 15) is 0 Å². The molecule has 0 saturated heterocycles. The summed E-state index contributed by atoms with van der Waals surface area (Å²) >= 11 is 6.35. The molecule has 0 aliphatic carbocycles. The van der Waals surface area contributed by atoms with Crippen molar-refractivity contribution in [1.82, 2.24) is 5.32 Å². The number of ether oxygens (including phenoxy) is 3. The predicted octanol–water partition coefficient (Wildman–Crippen LogP) is 4.43. The Bertz CT molecular complexity index is 674. The molecule has 0 atom stereocenters. The molecule has 2 aromatic carbocycles. The van der Waals surface area contributed by atoms with Gasteiger partial charge in [-0.3, -0.25) is 0 Å². The molecule has 0 saturated carbocycles. The third-order valence-corrected chi connectivity index (χ3v) is 3.76. The van der Waals surface area contributed by atoms with Gasteiger partial charge in [-0.25, -0.2) is 0 Å². The van der Waals surface area contributed by atoms with Crippen LogP contribution < -0.4 is 19.5 Å². The standard InChI is InChI=1S/C19H24ClNO3/c1-13(2)24-19-16(20)9-14(10-18(19)23-4)11-21-12-15-7-5-6-8-17(15)22-3/h5-10,13,21H,11-12H2,1-4H3. The molecular formula is C19H24ClNO3. The van der Waals surface area contributed by atoms with Crippen LogP contribution in [0, 0.1) is 0 Å². The van der Waals surface area contributed by atoms with Crippen LogP contribution in [0.2, 0.25) is 5.02 Å². The van der Waals surface area contributed by atoms with Gasteiger partial charge in [0.2, 0.25) is 0 Å². The van der Waals surface area contributed by atoms with Crippen molar-refractivity contribution < 1.29 is 14.2 Å². The largest absolute Gasteiger partial charge is 0.496 e. The van der Waals surface area contributed by atoms with Crippen molar-refractivity contribution in [3.63, 3.8) is 0 Å². The van der Waals surface area contributed by atoms with E-state index in [1.807, 2.05) is 50.2 Å². The second-order valence-corrected chi connectivity index (χ2v) is 6.10. The molecule has 0 aliphatic heterocycles. The van der Waals surface area contributed by atoms with Gasteiger partial charge in [-0.05, 0) is 37.6 Å². The monoisotopic (exact) mass is 349 g/mol. The highest BCUT2D eigenvalue weighted by Crippen LogP contribution is 2.37. The zero-order valence-electron chi connectivity index (χ0n) is 14.6. The Morgan fingerprint density at radius 3 is 2.38 bits per heavy atom. The maximum absolute atomic E-state index is 6.35. The van der Waals surface area contributed by atoms with Gasteiger partial charge in [-0.15, -0.1) is 0 Å². The highest BCUT2D eigenvalue weighted by Gasteiger charge is 2.13. The number of hydrogen-bond acceptors (Lipinski definition) is 4. The van der Waals surface area contributed by atoms with E-state index in [-0.39, 0.29) is 6.10 Å². The van der Waals surface area contributed by atoms with Gasteiger partial charge in [-0.1, -0.05) is 29.8 Å². The number of methoxy groups -OCH3 is 2. The molecule has 0 aliphatic rings. The van der Waals surface area contributed by atoms with E-state index in [4.69, 9.17) is 25.8 Å². The van der Waals surface area contributed by atoms with E-state index in [2.05, 4.69) is 5.32 Å². The van der Waals surface area contributed by atoms with Gasteiger partial charge < -0.3 is 19.5 Å². The molecule has 24 heavy (non-hydrogen) atoms. The Morgan fingerprint density at radius 1 is 1.00 bits per heavy atom. The zero-order chi connectivity index (χ0) is 17.5. The number of para-hydroxylation sites is 1. The minimum absolute atomic E-state index is 0.0333.